The van der Waals surface area contributed by atoms with Gasteiger partial charge in [0.2, 0.25) is 0 Å². The molecule has 0 spiro atoms. The van der Waals surface area contributed by atoms with Crippen LogP contribution >= 0.6 is 0 Å². The first-order valence-corrected chi connectivity index (χ1v) is 11.6. The first-order chi connectivity index (χ1) is 15.0. The van der Waals surface area contributed by atoms with Crippen LogP contribution in [0, 0.1) is 11.8 Å². The third kappa shape index (κ3) is 5.18. The average Bonchev–Trinajstić information content (AvgIpc) is 3.19. The molecule has 1 saturated carbocycles. The van der Waals surface area contributed by atoms with Crippen LogP contribution in [0.1, 0.15) is 55.5 Å². The summed E-state index contributed by atoms with van der Waals surface area (Å²) in [4.78, 5) is 11.5. The molecule has 2 aliphatic heterocycles. The van der Waals surface area contributed by atoms with Gasteiger partial charge in [-0.3, -0.25) is 0 Å². The van der Waals surface area contributed by atoms with Gasteiger partial charge in [-0.05, 0) is 75.6 Å². The molecule has 1 aromatic rings. The molecular formula is C23H34BN3O4. The van der Waals surface area contributed by atoms with Crippen molar-refractivity contribution in [3.8, 4) is 5.75 Å². The van der Waals surface area contributed by atoms with Crippen molar-refractivity contribution < 1.29 is 19.2 Å². The molecule has 0 bridgehead atoms. The SMILES string of the molecule is CCNCCNCC1CCC(CC2=C(C)OB3Oc4c(cccc4C(=O)O)C[C@@H]3N2)C1. The molecular weight excluding hydrogens is 393 g/mol. The maximum Gasteiger partial charge on any atom is 0.618 e. The standard InChI is InChI=1S/C23H34BN3O4/c1-3-25-9-10-26-14-17-8-7-16(11-17)12-20-15(2)30-24-21(27-20)13-18-5-4-6-19(23(28)29)22(18)31-24/h4-6,16-17,21,25-27H,3,7-14H2,1-2H3,(H,28,29)/t16?,17?,21-/m0/s1. The molecule has 8 heteroatoms. The number of hydrogen-bond donors (Lipinski definition) is 4. The predicted octanol–water partition coefficient (Wildman–Crippen LogP) is 2.57. The lowest BCUT2D eigenvalue weighted by Gasteiger charge is -2.37. The van der Waals surface area contributed by atoms with Gasteiger partial charge in [0, 0.05) is 18.8 Å². The quantitative estimate of drug-likeness (QED) is 0.356. The first-order valence-electron chi connectivity index (χ1n) is 11.6. The highest BCUT2D eigenvalue weighted by atomic mass is 16.6. The fraction of sp³-hybridized carbons (Fsp3) is 0.609. The van der Waals surface area contributed by atoms with Crippen molar-refractivity contribution in [1.29, 1.82) is 0 Å². The summed E-state index contributed by atoms with van der Waals surface area (Å²) in [6.45, 7) is 8.30. The molecule has 1 fully saturated rings. The van der Waals surface area contributed by atoms with E-state index in [4.69, 9.17) is 9.31 Å². The zero-order chi connectivity index (χ0) is 21.8. The molecule has 0 radical (unpaired) electrons. The smallest absolute Gasteiger partial charge is 0.527 e. The number of carboxylic acid groups (broad SMARTS) is 1. The molecule has 7 nitrogen and oxygen atoms in total. The Morgan fingerprint density at radius 1 is 1.23 bits per heavy atom. The van der Waals surface area contributed by atoms with Crippen LogP contribution in [0.3, 0.4) is 0 Å². The van der Waals surface area contributed by atoms with Crippen molar-refractivity contribution in [3.05, 3.63) is 40.8 Å². The second kappa shape index (κ2) is 9.96. The number of nitrogens with one attached hydrogen (secondary N) is 3. The average molecular weight is 427 g/mol. The van der Waals surface area contributed by atoms with Crippen LogP contribution in [0.4, 0.5) is 0 Å². The van der Waals surface area contributed by atoms with Crippen LogP contribution in [0.25, 0.3) is 0 Å². The summed E-state index contributed by atoms with van der Waals surface area (Å²) in [5.74, 6) is 1.76. The highest BCUT2D eigenvalue weighted by Gasteiger charge is 2.44. The van der Waals surface area contributed by atoms with E-state index in [1.54, 1.807) is 12.1 Å². The van der Waals surface area contributed by atoms with Gasteiger partial charge in [-0.1, -0.05) is 19.1 Å². The molecule has 2 unspecified atom stereocenters. The molecule has 3 atom stereocenters. The van der Waals surface area contributed by atoms with Crippen molar-refractivity contribution in [2.75, 3.05) is 26.2 Å². The molecule has 4 rings (SSSR count). The molecule has 31 heavy (non-hydrogen) atoms. The van der Waals surface area contributed by atoms with Gasteiger partial charge in [0.05, 0.1) is 17.3 Å². The van der Waals surface area contributed by atoms with Gasteiger partial charge < -0.3 is 30.4 Å². The van der Waals surface area contributed by atoms with E-state index in [1.165, 1.54) is 25.0 Å². The number of carbonyl (C=O) groups is 1. The van der Waals surface area contributed by atoms with Crippen LogP contribution < -0.4 is 20.6 Å². The second-order valence-corrected chi connectivity index (χ2v) is 9.00. The van der Waals surface area contributed by atoms with Crippen molar-refractivity contribution >= 4 is 13.1 Å². The normalized spacial score (nSPS) is 24.7. The van der Waals surface area contributed by atoms with Crippen LogP contribution in [-0.2, 0) is 11.1 Å². The van der Waals surface area contributed by atoms with Crippen molar-refractivity contribution in [3.63, 3.8) is 0 Å². The van der Waals surface area contributed by atoms with Crippen LogP contribution in [0.15, 0.2) is 29.7 Å². The summed E-state index contributed by atoms with van der Waals surface area (Å²) in [5, 5.41) is 20.0. The number of rotatable bonds is 9. The number of fused-ring (bicyclic) bond motifs is 2. The molecule has 168 valence electrons. The number of aromatic carboxylic acids is 1. The van der Waals surface area contributed by atoms with E-state index >= 15 is 0 Å². The van der Waals surface area contributed by atoms with Gasteiger partial charge in [0.25, 0.3) is 0 Å². The number of benzene rings is 1. The minimum atomic E-state index is -0.973. The Hall–Kier alpha value is -2.19. The molecule has 0 saturated heterocycles. The molecule has 4 N–H and O–H groups in total. The maximum atomic E-state index is 11.5. The fourth-order valence-corrected chi connectivity index (χ4v) is 5.08. The number of likely N-dealkylation sites (N-methyl/N-ethyl adjacent to an activating group) is 1. The van der Waals surface area contributed by atoms with E-state index in [-0.39, 0.29) is 11.5 Å². The Labute approximate surface area is 185 Å². The van der Waals surface area contributed by atoms with Gasteiger partial charge in [-0.25, -0.2) is 4.79 Å². The monoisotopic (exact) mass is 427 g/mol. The zero-order valence-corrected chi connectivity index (χ0v) is 18.6. The summed E-state index contributed by atoms with van der Waals surface area (Å²) < 4.78 is 12.1. The van der Waals surface area contributed by atoms with E-state index < -0.39 is 13.1 Å². The second-order valence-electron chi connectivity index (χ2n) is 9.00. The Kier molecular flexibility index (Phi) is 7.08. The summed E-state index contributed by atoms with van der Waals surface area (Å²) in [6, 6.07) is 5.30. The van der Waals surface area contributed by atoms with E-state index in [0.29, 0.717) is 18.1 Å². The summed E-state index contributed by atoms with van der Waals surface area (Å²) in [6.07, 6.45) is 5.49. The van der Waals surface area contributed by atoms with Gasteiger partial charge in [0.15, 0.2) is 0 Å². The molecule has 1 aromatic carbocycles. The van der Waals surface area contributed by atoms with Crippen LogP contribution in [-0.4, -0.2) is 50.3 Å². The van der Waals surface area contributed by atoms with Crippen LogP contribution in [0.5, 0.6) is 5.75 Å². The van der Waals surface area contributed by atoms with E-state index in [9.17, 15) is 9.90 Å². The topological polar surface area (TPSA) is 91.8 Å². The van der Waals surface area contributed by atoms with Crippen molar-refractivity contribution in [1.82, 2.24) is 16.0 Å². The maximum absolute atomic E-state index is 11.5. The molecule has 0 amide bonds. The highest BCUT2D eigenvalue weighted by molar-refractivity contribution is 6.48. The summed E-state index contributed by atoms with van der Waals surface area (Å²) in [5.41, 5.74) is 2.29. The van der Waals surface area contributed by atoms with E-state index in [2.05, 4.69) is 22.9 Å². The summed E-state index contributed by atoms with van der Waals surface area (Å²) >= 11 is 0. The Balaban J connectivity index is 1.32. The predicted molar refractivity (Wildman–Crippen MR) is 121 cm³/mol. The minimum Gasteiger partial charge on any atom is -0.527 e. The van der Waals surface area contributed by atoms with Gasteiger partial charge in [-0.15, -0.1) is 0 Å². The number of para-hydroxylation sites is 1. The molecule has 0 aromatic heterocycles. The third-order valence-electron chi connectivity index (χ3n) is 6.71. The number of hydrogen-bond acceptors (Lipinski definition) is 6. The van der Waals surface area contributed by atoms with Gasteiger partial charge in [0.1, 0.15) is 5.75 Å². The van der Waals surface area contributed by atoms with E-state index in [1.807, 2.05) is 13.0 Å². The van der Waals surface area contributed by atoms with Gasteiger partial charge in [-0.2, -0.15) is 0 Å². The van der Waals surface area contributed by atoms with Crippen molar-refractivity contribution in [2.45, 2.75) is 51.9 Å². The van der Waals surface area contributed by atoms with Crippen molar-refractivity contribution in [2.24, 2.45) is 11.8 Å². The van der Waals surface area contributed by atoms with Gasteiger partial charge >= 0.3 is 13.1 Å². The largest absolute Gasteiger partial charge is 0.618 e. The Morgan fingerprint density at radius 3 is 2.84 bits per heavy atom. The highest BCUT2D eigenvalue weighted by Crippen LogP contribution is 2.37. The van der Waals surface area contributed by atoms with E-state index in [0.717, 1.165) is 49.8 Å². The lowest BCUT2D eigenvalue weighted by molar-refractivity contribution is 0.0694. The first kappa shape index (κ1) is 22.0. The molecule has 1 aliphatic carbocycles. The number of carboxylic acids is 1. The Morgan fingerprint density at radius 2 is 2.03 bits per heavy atom. The number of allylic oxidation sites excluding steroid dienone is 2. The molecule has 3 aliphatic rings. The zero-order valence-electron chi connectivity index (χ0n) is 18.6. The fourth-order valence-electron chi connectivity index (χ4n) is 5.08. The third-order valence-corrected chi connectivity index (χ3v) is 6.71. The summed E-state index contributed by atoms with van der Waals surface area (Å²) in [7, 11) is -0.492. The minimum absolute atomic E-state index is 0.000164. The lowest BCUT2D eigenvalue weighted by Crippen LogP contribution is -2.55. The van der Waals surface area contributed by atoms with Crippen LogP contribution in [0.2, 0.25) is 0 Å². The lowest BCUT2D eigenvalue weighted by atomic mass is 9.70. The Bertz CT molecular complexity index is 831. The molecule has 2 heterocycles.